The quantitative estimate of drug-likeness (QED) is 0.548. The predicted molar refractivity (Wildman–Crippen MR) is 113 cm³/mol. The third-order valence-electron chi connectivity index (χ3n) is 3.90. The molecule has 0 radical (unpaired) electrons. The van der Waals surface area contributed by atoms with Crippen LogP contribution in [0.15, 0.2) is 42.5 Å². The summed E-state index contributed by atoms with van der Waals surface area (Å²) in [5, 5.41) is 6.80. The second-order valence-corrected chi connectivity index (χ2v) is 6.78. The molecule has 5 nitrogen and oxygen atoms in total. The van der Waals surface area contributed by atoms with Crippen LogP contribution in [0.5, 0.6) is 5.75 Å². The Morgan fingerprint density at radius 2 is 1.85 bits per heavy atom. The van der Waals surface area contributed by atoms with Crippen molar-refractivity contribution in [1.82, 2.24) is 5.32 Å². The fraction of sp³-hybridized carbons (Fsp3) is 0.333. The summed E-state index contributed by atoms with van der Waals surface area (Å²) in [6, 6.07) is 13.3. The summed E-state index contributed by atoms with van der Waals surface area (Å²) < 4.78 is 10.8. The molecule has 1 atom stereocenters. The van der Waals surface area contributed by atoms with E-state index in [4.69, 9.17) is 21.7 Å². The average molecular weight is 387 g/mol. The van der Waals surface area contributed by atoms with Crippen LogP contribution in [-0.2, 0) is 4.74 Å². The number of ether oxygens (including phenoxy) is 2. The minimum Gasteiger partial charge on any atom is -0.491 e. The van der Waals surface area contributed by atoms with E-state index in [1.54, 1.807) is 19.1 Å². The minimum atomic E-state index is -0.348. The summed E-state index contributed by atoms with van der Waals surface area (Å²) in [6.45, 7) is 8.58. The number of benzene rings is 2. The maximum Gasteiger partial charge on any atom is 0.338 e. The summed E-state index contributed by atoms with van der Waals surface area (Å²) in [5.41, 5.74) is 3.43. The highest BCUT2D eigenvalue weighted by molar-refractivity contribution is 7.80. The number of hydrogen-bond acceptors (Lipinski definition) is 4. The van der Waals surface area contributed by atoms with Crippen LogP contribution in [0.1, 0.15) is 35.3 Å². The molecule has 0 fully saturated rings. The molecule has 0 aromatic heterocycles. The number of carbonyl (C=O) groups excluding carboxylic acids is 1. The van der Waals surface area contributed by atoms with Gasteiger partial charge in [0, 0.05) is 5.69 Å². The van der Waals surface area contributed by atoms with Crippen LogP contribution in [-0.4, -0.2) is 30.3 Å². The van der Waals surface area contributed by atoms with Crippen molar-refractivity contribution in [2.75, 3.05) is 18.5 Å². The van der Waals surface area contributed by atoms with E-state index in [1.807, 2.05) is 51.1 Å². The number of esters is 1. The molecule has 0 spiro atoms. The Kier molecular flexibility index (Phi) is 7.61. The zero-order chi connectivity index (χ0) is 19.8. The van der Waals surface area contributed by atoms with Crippen LogP contribution in [0.3, 0.4) is 0 Å². The summed E-state index contributed by atoms with van der Waals surface area (Å²) in [5.74, 6) is 0.477. The third-order valence-corrected chi connectivity index (χ3v) is 4.12. The molecule has 2 aromatic rings. The molecule has 0 aliphatic heterocycles. The van der Waals surface area contributed by atoms with Crippen LogP contribution >= 0.6 is 12.2 Å². The molecule has 0 aliphatic carbocycles. The third kappa shape index (κ3) is 6.57. The number of anilines is 1. The van der Waals surface area contributed by atoms with Gasteiger partial charge in [-0.2, -0.15) is 0 Å². The minimum absolute atomic E-state index is 0.0137. The lowest BCUT2D eigenvalue weighted by Crippen LogP contribution is -2.39. The molecule has 0 saturated carbocycles. The van der Waals surface area contributed by atoms with Crippen molar-refractivity contribution in [3.05, 3.63) is 59.2 Å². The number of nitrogens with one attached hydrogen (secondary N) is 2. The highest BCUT2D eigenvalue weighted by atomic mass is 32.1. The maximum atomic E-state index is 11.9. The first-order valence-corrected chi connectivity index (χ1v) is 9.34. The molecule has 0 unspecified atom stereocenters. The molecule has 2 N–H and O–H groups in total. The van der Waals surface area contributed by atoms with Crippen LogP contribution in [0, 0.1) is 13.8 Å². The van der Waals surface area contributed by atoms with Gasteiger partial charge in [-0.15, -0.1) is 0 Å². The lowest BCUT2D eigenvalue weighted by Gasteiger charge is -2.19. The van der Waals surface area contributed by atoms with E-state index in [9.17, 15) is 4.79 Å². The molecular formula is C21H26N2O3S. The lowest BCUT2D eigenvalue weighted by atomic mass is 10.1. The highest BCUT2D eigenvalue weighted by Crippen LogP contribution is 2.18. The number of rotatable bonds is 7. The molecule has 144 valence electrons. The van der Waals surface area contributed by atoms with Crippen molar-refractivity contribution >= 4 is 29.0 Å². The van der Waals surface area contributed by atoms with Crippen LogP contribution < -0.4 is 15.4 Å². The molecule has 6 heteroatoms. The smallest absolute Gasteiger partial charge is 0.338 e. The Balaban J connectivity index is 1.89. The number of carbonyl (C=O) groups is 1. The van der Waals surface area contributed by atoms with Crippen molar-refractivity contribution < 1.29 is 14.3 Å². The summed E-state index contributed by atoms with van der Waals surface area (Å²) in [6.07, 6.45) is 0. The summed E-state index contributed by atoms with van der Waals surface area (Å²) in [7, 11) is 0. The number of aryl methyl sites for hydroxylation is 2. The van der Waals surface area contributed by atoms with Gasteiger partial charge in [-0.25, -0.2) is 4.79 Å². The van der Waals surface area contributed by atoms with Crippen molar-refractivity contribution in [2.24, 2.45) is 0 Å². The Morgan fingerprint density at radius 1 is 1.15 bits per heavy atom. The Bertz CT molecular complexity index is 791. The normalized spacial score (nSPS) is 11.4. The van der Waals surface area contributed by atoms with Gasteiger partial charge in [-0.05, 0) is 69.7 Å². The fourth-order valence-corrected chi connectivity index (χ4v) is 2.69. The standard InChI is InChI=1S/C21H26N2O3S/c1-5-25-20(24)17-9-8-15(3)19(12-17)23-21(27)22-16(4)13-26-18-10-6-14(2)7-11-18/h6-12,16H,5,13H2,1-4H3,(H2,22,23,27)/t16-/m1/s1. The molecule has 0 saturated heterocycles. The Hall–Kier alpha value is -2.60. The van der Waals surface area contributed by atoms with Gasteiger partial charge in [-0.1, -0.05) is 23.8 Å². The van der Waals surface area contributed by atoms with Crippen LogP contribution in [0.4, 0.5) is 5.69 Å². The molecular weight excluding hydrogens is 360 g/mol. The second-order valence-electron chi connectivity index (χ2n) is 6.37. The molecule has 0 aliphatic rings. The van der Waals surface area contributed by atoms with Gasteiger partial charge in [0.05, 0.1) is 18.2 Å². The van der Waals surface area contributed by atoms with Gasteiger partial charge in [0.1, 0.15) is 12.4 Å². The van der Waals surface area contributed by atoms with Crippen molar-refractivity contribution in [3.8, 4) is 5.75 Å². The molecule has 0 heterocycles. The summed E-state index contributed by atoms with van der Waals surface area (Å²) in [4.78, 5) is 11.9. The molecule has 27 heavy (non-hydrogen) atoms. The van der Waals surface area contributed by atoms with E-state index in [-0.39, 0.29) is 12.0 Å². The topological polar surface area (TPSA) is 59.6 Å². The van der Waals surface area contributed by atoms with Gasteiger partial charge in [0.15, 0.2) is 5.11 Å². The average Bonchev–Trinajstić information content (AvgIpc) is 2.63. The zero-order valence-corrected chi connectivity index (χ0v) is 17.0. The van der Waals surface area contributed by atoms with E-state index in [0.717, 1.165) is 17.0 Å². The second kappa shape index (κ2) is 9.92. The molecule has 2 rings (SSSR count). The maximum absolute atomic E-state index is 11.9. The van der Waals surface area contributed by atoms with E-state index < -0.39 is 0 Å². The zero-order valence-electron chi connectivity index (χ0n) is 16.2. The van der Waals surface area contributed by atoms with Gasteiger partial charge in [-0.3, -0.25) is 0 Å². The van der Waals surface area contributed by atoms with Crippen molar-refractivity contribution in [3.63, 3.8) is 0 Å². The SMILES string of the molecule is CCOC(=O)c1ccc(C)c(NC(=S)N[C@H](C)COc2ccc(C)cc2)c1. The Labute approximate surface area is 166 Å². The lowest BCUT2D eigenvalue weighted by molar-refractivity contribution is 0.0526. The number of thiocarbonyl (C=S) groups is 1. The predicted octanol–water partition coefficient (Wildman–Crippen LogP) is 4.23. The first kappa shape index (κ1) is 20.7. The monoisotopic (exact) mass is 386 g/mol. The van der Waals surface area contributed by atoms with Crippen LogP contribution in [0.2, 0.25) is 0 Å². The van der Waals surface area contributed by atoms with E-state index in [2.05, 4.69) is 10.6 Å². The van der Waals surface area contributed by atoms with Crippen LogP contribution in [0.25, 0.3) is 0 Å². The van der Waals surface area contributed by atoms with Gasteiger partial charge in [0.2, 0.25) is 0 Å². The largest absolute Gasteiger partial charge is 0.491 e. The first-order valence-electron chi connectivity index (χ1n) is 8.93. The number of hydrogen-bond donors (Lipinski definition) is 2. The first-order chi connectivity index (χ1) is 12.9. The van der Waals surface area contributed by atoms with E-state index >= 15 is 0 Å². The summed E-state index contributed by atoms with van der Waals surface area (Å²) >= 11 is 5.39. The van der Waals surface area contributed by atoms with Crippen molar-refractivity contribution in [2.45, 2.75) is 33.7 Å². The molecule has 2 aromatic carbocycles. The Morgan fingerprint density at radius 3 is 2.52 bits per heavy atom. The fourth-order valence-electron chi connectivity index (χ4n) is 2.38. The van der Waals surface area contributed by atoms with Crippen molar-refractivity contribution in [1.29, 1.82) is 0 Å². The molecule has 0 bridgehead atoms. The van der Waals surface area contributed by atoms with Gasteiger partial charge >= 0.3 is 5.97 Å². The van der Waals surface area contributed by atoms with Gasteiger partial charge in [0.25, 0.3) is 0 Å². The molecule has 0 amide bonds. The van der Waals surface area contributed by atoms with E-state index in [1.165, 1.54) is 5.56 Å². The highest BCUT2D eigenvalue weighted by Gasteiger charge is 2.11. The van der Waals surface area contributed by atoms with E-state index in [0.29, 0.717) is 23.9 Å². The van der Waals surface area contributed by atoms with Gasteiger partial charge < -0.3 is 20.1 Å².